The van der Waals surface area contributed by atoms with Gasteiger partial charge in [0.1, 0.15) is 0 Å². The Morgan fingerprint density at radius 1 is 1.06 bits per heavy atom. The van der Waals surface area contributed by atoms with Crippen molar-refractivity contribution in [3.8, 4) is 0 Å². The van der Waals surface area contributed by atoms with Crippen LogP contribution in [0.5, 0.6) is 0 Å². The number of hydrogen-bond acceptors (Lipinski definition) is 4. The highest BCUT2D eigenvalue weighted by molar-refractivity contribution is 5.76. The Bertz CT molecular complexity index is 971. The van der Waals surface area contributed by atoms with E-state index in [1.807, 2.05) is 0 Å². The monoisotopic (exact) mass is 496 g/mol. The Hall–Kier alpha value is -1.84. The lowest BCUT2D eigenvalue weighted by Crippen LogP contribution is -2.54. The maximum Gasteiger partial charge on any atom is 0.312 e. The zero-order chi connectivity index (χ0) is 26.5. The van der Waals surface area contributed by atoms with Crippen LogP contribution in [-0.2, 0) is 19.1 Å². The summed E-state index contributed by atoms with van der Waals surface area (Å²) < 4.78 is 10.5. The molecule has 36 heavy (non-hydrogen) atoms. The van der Waals surface area contributed by atoms with Crippen molar-refractivity contribution in [3.05, 3.63) is 35.5 Å². The van der Waals surface area contributed by atoms with Crippen LogP contribution < -0.4 is 0 Å². The van der Waals surface area contributed by atoms with Gasteiger partial charge in [-0.05, 0) is 106 Å². The van der Waals surface area contributed by atoms with Crippen LogP contribution in [-0.4, -0.2) is 26.2 Å². The van der Waals surface area contributed by atoms with Crippen LogP contribution in [0, 0.1) is 45.8 Å². The molecule has 4 rings (SSSR count). The lowest BCUT2D eigenvalue weighted by Gasteiger charge is -2.61. The Morgan fingerprint density at radius 2 is 1.78 bits per heavy atom. The summed E-state index contributed by atoms with van der Waals surface area (Å²) >= 11 is 0. The second kappa shape index (κ2) is 9.80. The zero-order valence-corrected chi connectivity index (χ0v) is 23.7. The molecule has 0 N–H and O–H groups in total. The average molecular weight is 497 g/mol. The van der Waals surface area contributed by atoms with Gasteiger partial charge in [0.2, 0.25) is 0 Å². The highest BCUT2D eigenvalue weighted by Crippen LogP contribution is 2.72. The van der Waals surface area contributed by atoms with Crippen molar-refractivity contribution < 1.29 is 19.1 Å². The summed E-state index contributed by atoms with van der Waals surface area (Å²) in [5.74, 6) is 0.837. The molecule has 0 aromatic carbocycles. The van der Waals surface area contributed by atoms with Crippen molar-refractivity contribution >= 4 is 11.9 Å². The van der Waals surface area contributed by atoms with E-state index in [1.54, 1.807) is 12.7 Å². The van der Waals surface area contributed by atoms with Crippen LogP contribution >= 0.6 is 0 Å². The van der Waals surface area contributed by atoms with Crippen molar-refractivity contribution in [2.45, 2.75) is 92.4 Å². The average Bonchev–Trinajstić information content (AvgIpc) is 3.12. The van der Waals surface area contributed by atoms with Crippen LogP contribution in [0.25, 0.3) is 0 Å². The van der Waals surface area contributed by atoms with E-state index in [0.717, 1.165) is 63.4 Å². The van der Waals surface area contributed by atoms with E-state index >= 15 is 0 Å². The minimum absolute atomic E-state index is 0.0307. The summed E-state index contributed by atoms with van der Waals surface area (Å²) in [6.45, 7) is 16.1. The second-order valence-electron chi connectivity index (χ2n) is 13.1. The summed E-state index contributed by atoms with van der Waals surface area (Å²) in [6.07, 6.45) is 13.9. The summed E-state index contributed by atoms with van der Waals surface area (Å²) in [6, 6.07) is 0. The number of allylic oxidation sites excluding steroid dienone is 4. The Balaban J connectivity index is 1.64. The molecular formula is C32H48O4. The topological polar surface area (TPSA) is 52.6 Å². The van der Waals surface area contributed by atoms with Gasteiger partial charge in [-0.1, -0.05) is 56.2 Å². The van der Waals surface area contributed by atoms with Crippen LogP contribution in [0.4, 0.5) is 0 Å². The molecule has 200 valence electrons. The van der Waals surface area contributed by atoms with Gasteiger partial charge in [0.25, 0.3) is 0 Å². The molecule has 0 aliphatic heterocycles. The highest BCUT2D eigenvalue weighted by Gasteiger charge is 2.65. The van der Waals surface area contributed by atoms with E-state index in [-0.39, 0.29) is 40.0 Å². The molecule has 0 amide bonds. The molecular weight excluding hydrogens is 448 g/mol. The Labute approximate surface area is 219 Å². The van der Waals surface area contributed by atoms with E-state index in [9.17, 15) is 9.59 Å². The fourth-order valence-electron chi connectivity index (χ4n) is 9.24. The summed E-state index contributed by atoms with van der Waals surface area (Å²) in [7, 11) is 3.04. The molecule has 0 heterocycles. The number of carbonyl (C=O) groups is 2. The van der Waals surface area contributed by atoms with Gasteiger partial charge in [-0.2, -0.15) is 0 Å². The zero-order valence-electron chi connectivity index (χ0n) is 23.7. The first-order valence-corrected chi connectivity index (χ1v) is 14.1. The van der Waals surface area contributed by atoms with Crippen molar-refractivity contribution in [3.63, 3.8) is 0 Å². The molecule has 8 unspecified atom stereocenters. The maximum absolute atomic E-state index is 13.1. The molecule has 0 aromatic rings. The smallest absolute Gasteiger partial charge is 0.312 e. The van der Waals surface area contributed by atoms with Gasteiger partial charge in [-0.25, -0.2) is 0 Å². The number of hydrogen-bond donors (Lipinski definition) is 0. The molecule has 0 spiro atoms. The third-order valence-corrected chi connectivity index (χ3v) is 11.5. The van der Waals surface area contributed by atoms with Crippen molar-refractivity contribution in [1.29, 1.82) is 0 Å². The van der Waals surface area contributed by atoms with E-state index in [2.05, 4.69) is 53.3 Å². The lowest BCUT2D eigenvalue weighted by molar-refractivity contribution is -0.151. The molecule has 4 aliphatic carbocycles. The number of methoxy groups -OCH3 is 2. The number of fused-ring (bicyclic) bond motifs is 5. The second-order valence-corrected chi connectivity index (χ2v) is 13.1. The molecule has 0 bridgehead atoms. The molecule has 0 saturated heterocycles. The van der Waals surface area contributed by atoms with Gasteiger partial charge in [-0.3, -0.25) is 9.59 Å². The van der Waals surface area contributed by atoms with Crippen LogP contribution in [0.3, 0.4) is 0 Å². The van der Waals surface area contributed by atoms with Gasteiger partial charge in [-0.15, -0.1) is 0 Å². The van der Waals surface area contributed by atoms with Gasteiger partial charge < -0.3 is 9.47 Å². The van der Waals surface area contributed by atoms with Crippen LogP contribution in [0.15, 0.2) is 35.5 Å². The molecule has 4 heteroatoms. The van der Waals surface area contributed by atoms with E-state index in [1.165, 1.54) is 12.7 Å². The van der Waals surface area contributed by atoms with Crippen molar-refractivity contribution in [2.75, 3.05) is 14.2 Å². The number of rotatable bonds is 6. The minimum atomic E-state index is -0.162. The van der Waals surface area contributed by atoms with Gasteiger partial charge in [0.15, 0.2) is 0 Å². The van der Waals surface area contributed by atoms with Crippen LogP contribution in [0.2, 0.25) is 0 Å². The maximum atomic E-state index is 13.1. The van der Waals surface area contributed by atoms with Crippen LogP contribution in [0.1, 0.15) is 92.4 Å². The van der Waals surface area contributed by atoms with Gasteiger partial charge in [0, 0.05) is 0 Å². The largest absolute Gasteiger partial charge is 0.469 e. The summed E-state index contributed by atoms with van der Waals surface area (Å²) in [5.41, 5.74) is 4.34. The normalized spacial score (nSPS) is 40.2. The van der Waals surface area contributed by atoms with Gasteiger partial charge in [0.05, 0.1) is 26.1 Å². The van der Waals surface area contributed by atoms with E-state index < -0.39 is 0 Å². The molecule has 0 aromatic heterocycles. The third kappa shape index (κ3) is 4.02. The number of carbonyl (C=O) groups excluding carboxylic acids is 2. The number of ether oxygens (including phenoxy) is 2. The fourth-order valence-corrected chi connectivity index (χ4v) is 9.24. The Kier molecular flexibility index (Phi) is 7.40. The predicted molar refractivity (Wildman–Crippen MR) is 144 cm³/mol. The molecule has 4 nitrogen and oxygen atoms in total. The van der Waals surface area contributed by atoms with E-state index in [4.69, 9.17) is 9.47 Å². The minimum Gasteiger partial charge on any atom is -0.469 e. The first-order valence-electron chi connectivity index (χ1n) is 14.1. The van der Waals surface area contributed by atoms with Crippen molar-refractivity contribution in [2.24, 2.45) is 45.8 Å². The molecule has 4 aliphatic rings. The summed E-state index contributed by atoms with van der Waals surface area (Å²) in [4.78, 5) is 25.5. The lowest BCUT2D eigenvalue weighted by atomic mass is 9.43. The van der Waals surface area contributed by atoms with E-state index in [0.29, 0.717) is 17.8 Å². The molecule has 8 atom stereocenters. The first-order chi connectivity index (χ1) is 16.9. The predicted octanol–water partition coefficient (Wildman–Crippen LogP) is 7.45. The summed E-state index contributed by atoms with van der Waals surface area (Å²) in [5, 5.41) is 0. The molecule has 3 saturated carbocycles. The standard InChI is InChI=1S/C32H48O4/c1-20(2)10-9-11-23(29(34)36-8)25-15-18-32(6)27-13-12-24-21(3)22(28(33)35-7)14-17-30(24,4)26(27)16-19-31(25,32)5/h10,13,22-26H,3,9,11-12,14-19H2,1-2,4-8H3. The highest BCUT2D eigenvalue weighted by atomic mass is 16.5. The number of esters is 2. The molecule has 0 radical (unpaired) electrons. The fraction of sp³-hybridized carbons (Fsp3) is 0.750. The first kappa shape index (κ1) is 27.2. The third-order valence-electron chi connectivity index (χ3n) is 11.5. The molecule has 3 fully saturated rings. The van der Waals surface area contributed by atoms with Gasteiger partial charge >= 0.3 is 11.9 Å². The SMILES string of the molecule is C=C1C(C(=O)OC)CCC2(C)C1CC=C1C2CCC2(C)C(C(CCC=C(C)C)C(=O)OC)CCC12C. The van der Waals surface area contributed by atoms with Crippen molar-refractivity contribution in [1.82, 2.24) is 0 Å². The Morgan fingerprint density at radius 3 is 2.42 bits per heavy atom. The quantitative estimate of drug-likeness (QED) is 0.283.